The monoisotopic (exact) mass is 595 g/mol. The molecule has 0 fully saturated rings. The van der Waals surface area contributed by atoms with Crippen LogP contribution in [0, 0.1) is 6.92 Å². The van der Waals surface area contributed by atoms with Crippen LogP contribution in [0.15, 0.2) is 67.3 Å². The number of benzene rings is 2. The lowest BCUT2D eigenvalue weighted by atomic mass is 9.97. The molecule has 43 heavy (non-hydrogen) atoms. The topological polar surface area (TPSA) is 134 Å². The predicted octanol–water partition coefficient (Wildman–Crippen LogP) is 4.01. The Kier molecular flexibility index (Phi) is 12.5. The highest BCUT2D eigenvalue weighted by atomic mass is 16.6. The van der Waals surface area contributed by atoms with E-state index in [0.717, 1.165) is 5.56 Å². The molecular formula is C33H45N3O7. The average Bonchev–Trinajstić information content (AvgIpc) is 2.90. The van der Waals surface area contributed by atoms with E-state index in [9.17, 15) is 24.3 Å². The van der Waals surface area contributed by atoms with Gasteiger partial charge < -0.3 is 30.1 Å². The van der Waals surface area contributed by atoms with Gasteiger partial charge >= 0.3 is 12.1 Å². The van der Waals surface area contributed by atoms with E-state index in [-0.39, 0.29) is 13.0 Å². The summed E-state index contributed by atoms with van der Waals surface area (Å²) in [5, 5.41) is 15.3. The number of hydrogen-bond acceptors (Lipinski definition) is 7. The van der Waals surface area contributed by atoms with Crippen molar-refractivity contribution < 1.29 is 33.8 Å². The Hall–Kier alpha value is -4.18. The fraction of sp³-hybridized carbons (Fsp3) is 0.455. The molecular weight excluding hydrogens is 550 g/mol. The molecule has 0 spiro atoms. The van der Waals surface area contributed by atoms with Crippen molar-refractivity contribution in [2.75, 3.05) is 13.2 Å². The number of carbonyl (C=O) groups excluding carboxylic acids is 4. The summed E-state index contributed by atoms with van der Waals surface area (Å²) in [6.45, 7) is 14.9. The predicted molar refractivity (Wildman–Crippen MR) is 164 cm³/mol. The van der Waals surface area contributed by atoms with Crippen molar-refractivity contribution in [1.29, 1.82) is 0 Å². The number of aliphatic hydroxyl groups excluding tert-OH is 1. The summed E-state index contributed by atoms with van der Waals surface area (Å²) in [6, 6.07) is 12.5. The van der Waals surface area contributed by atoms with Crippen molar-refractivity contribution in [3.05, 3.63) is 83.9 Å². The minimum Gasteiger partial charge on any atom is -0.458 e. The quantitative estimate of drug-likeness (QED) is 0.249. The van der Waals surface area contributed by atoms with Crippen molar-refractivity contribution in [2.24, 2.45) is 0 Å². The van der Waals surface area contributed by atoms with Crippen LogP contribution in [0.2, 0.25) is 0 Å². The molecule has 0 bridgehead atoms. The van der Waals surface area contributed by atoms with Gasteiger partial charge in [0.15, 0.2) is 0 Å². The summed E-state index contributed by atoms with van der Waals surface area (Å²) in [5.41, 5.74) is 0.354. The van der Waals surface area contributed by atoms with Gasteiger partial charge in [-0.05, 0) is 65.2 Å². The number of aryl methyl sites for hydroxylation is 1. The third-order valence-electron chi connectivity index (χ3n) is 6.11. The average molecular weight is 596 g/mol. The number of nitrogens with zero attached hydrogens (tertiary/aromatic N) is 1. The van der Waals surface area contributed by atoms with Crippen molar-refractivity contribution in [2.45, 2.75) is 84.2 Å². The van der Waals surface area contributed by atoms with Crippen LogP contribution in [0.25, 0.3) is 0 Å². The number of esters is 1. The molecule has 0 aliphatic rings. The number of aliphatic hydroxyl groups is 1. The molecule has 3 N–H and O–H groups in total. The molecule has 0 aliphatic carbocycles. The number of amides is 3. The van der Waals surface area contributed by atoms with Gasteiger partial charge in [-0.1, -0.05) is 60.7 Å². The number of ether oxygens (including phenoxy) is 2. The summed E-state index contributed by atoms with van der Waals surface area (Å²) in [6.07, 6.45) is 0.688. The minimum atomic E-state index is -1.42. The zero-order valence-corrected chi connectivity index (χ0v) is 26.2. The number of alkyl carbamates (subject to hydrolysis) is 1. The molecule has 3 amide bonds. The van der Waals surface area contributed by atoms with Gasteiger partial charge in [0.1, 0.15) is 29.3 Å². The molecule has 0 heterocycles. The van der Waals surface area contributed by atoms with Gasteiger partial charge in [0.2, 0.25) is 11.8 Å². The summed E-state index contributed by atoms with van der Waals surface area (Å²) < 4.78 is 10.9. The van der Waals surface area contributed by atoms with Gasteiger partial charge in [0.05, 0.1) is 6.61 Å². The second kappa shape index (κ2) is 15.3. The van der Waals surface area contributed by atoms with Gasteiger partial charge in [0.25, 0.3) is 0 Å². The van der Waals surface area contributed by atoms with E-state index in [4.69, 9.17) is 9.47 Å². The molecule has 2 aromatic rings. The van der Waals surface area contributed by atoms with Gasteiger partial charge in [0, 0.05) is 13.0 Å². The van der Waals surface area contributed by atoms with Crippen LogP contribution in [0.1, 0.15) is 64.3 Å². The van der Waals surface area contributed by atoms with Crippen LogP contribution in [0.3, 0.4) is 0 Å². The maximum absolute atomic E-state index is 14.2. The molecule has 2 aromatic carbocycles. The van der Waals surface area contributed by atoms with Gasteiger partial charge in [-0.2, -0.15) is 0 Å². The molecule has 0 saturated carbocycles. The smallest absolute Gasteiger partial charge is 0.408 e. The molecule has 10 heteroatoms. The fourth-order valence-corrected chi connectivity index (χ4v) is 4.31. The highest BCUT2D eigenvalue weighted by Crippen LogP contribution is 2.26. The van der Waals surface area contributed by atoms with E-state index in [1.165, 1.54) is 11.0 Å². The first-order chi connectivity index (χ1) is 20.1. The van der Waals surface area contributed by atoms with Crippen molar-refractivity contribution in [3.63, 3.8) is 0 Å². The third kappa shape index (κ3) is 11.2. The van der Waals surface area contributed by atoms with Crippen molar-refractivity contribution >= 4 is 23.9 Å². The van der Waals surface area contributed by atoms with E-state index < -0.39 is 59.8 Å². The minimum absolute atomic E-state index is 0.104. The van der Waals surface area contributed by atoms with Crippen LogP contribution in [0.5, 0.6) is 0 Å². The number of rotatable bonds is 12. The molecule has 0 aromatic heterocycles. The highest BCUT2D eigenvalue weighted by Gasteiger charge is 2.38. The first-order valence-electron chi connectivity index (χ1n) is 14.2. The number of nitrogens with one attached hydrogen (secondary N) is 2. The lowest BCUT2D eigenvalue weighted by Gasteiger charge is -2.35. The van der Waals surface area contributed by atoms with Crippen LogP contribution in [-0.2, 0) is 30.3 Å². The summed E-state index contributed by atoms with van der Waals surface area (Å²) in [7, 11) is 0. The van der Waals surface area contributed by atoms with Crippen LogP contribution in [0.4, 0.5) is 4.79 Å². The molecule has 0 radical (unpaired) electrons. The Balaban J connectivity index is 2.53. The Labute approximate surface area is 254 Å². The standard InChI is InChI=1S/C33H45N3O7/c1-9-19-36(29(39)26(21-37)35-31(41)43-33(6,7)8)27(24-18-14-13-15-22(24)2)28(38)34-25(30(40)42-32(3,4)5)20-23-16-11-10-12-17-23/h9-18,25-27,37H,1,19-21H2,2-8H3,(H,34,38)(H,35,41). The number of hydrogen-bond donors (Lipinski definition) is 3. The van der Waals surface area contributed by atoms with E-state index in [0.29, 0.717) is 11.1 Å². The molecule has 234 valence electrons. The molecule has 0 saturated heterocycles. The molecule has 2 rings (SSSR count). The van der Waals surface area contributed by atoms with E-state index in [1.807, 2.05) is 30.3 Å². The molecule has 3 atom stereocenters. The second-order valence-electron chi connectivity index (χ2n) is 12.2. The first kappa shape index (κ1) is 35.0. The maximum Gasteiger partial charge on any atom is 0.408 e. The van der Waals surface area contributed by atoms with E-state index in [1.54, 1.807) is 72.7 Å². The van der Waals surface area contributed by atoms with E-state index in [2.05, 4.69) is 17.2 Å². The van der Waals surface area contributed by atoms with Gasteiger partial charge in [-0.25, -0.2) is 9.59 Å². The Morgan fingerprint density at radius 1 is 0.884 bits per heavy atom. The normalized spacial score (nSPS) is 13.6. The lowest BCUT2D eigenvalue weighted by Crippen LogP contribution is -2.56. The summed E-state index contributed by atoms with van der Waals surface area (Å²) >= 11 is 0. The Morgan fingerprint density at radius 3 is 2.00 bits per heavy atom. The Bertz CT molecular complexity index is 1270. The van der Waals surface area contributed by atoms with Gasteiger partial charge in [-0.3, -0.25) is 9.59 Å². The zero-order chi connectivity index (χ0) is 32.4. The van der Waals surface area contributed by atoms with Crippen LogP contribution in [-0.4, -0.2) is 70.3 Å². The third-order valence-corrected chi connectivity index (χ3v) is 6.11. The molecule has 3 unspecified atom stereocenters. The SMILES string of the molecule is C=CCN(C(=O)C(CO)NC(=O)OC(C)(C)C)C(C(=O)NC(Cc1ccccc1)C(=O)OC(C)(C)C)c1ccccc1C. The largest absolute Gasteiger partial charge is 0.458 e. The summed E-state index contributed by atoms with van der Waals surface area (Å²) in [4.78, 5) is 55.1. The van der Waals surface area contributed by atoms with Crippen LogP contribution >= 0.6 is 0 Å². The second-order valence-corrected chi connectivity index (χ2v) is 12.2. The molecule has 0 aliphatic heterocycles. The maximum atomic E-state index is 14.2. The van der Waals surface area contributed by atoms with Gasteiger partial charge in [-0.15, -0.1) is 6.58 Å². The Morgan fingerprint density at radius 2 is 1.47 bits per heavy atom. The van der Waals surface area contributed by atoms with Crippen LogP contribution < -0.4 is 10.6 Å². The molecule has 10 nitrogen and oxygen atoms in total. The lowest BCUT2D eigenvalue weighted by molar-refractivity contribution is -0.159. The van der Waals surface area contributed by atoms with Crippen molar-refractivity contribution in [1.82, 2.24) is 15.5 Å². The zero-order valence-electron chi connectivity index (χ0n) is 26.2. The highest BCUT2D eigenvalue weighted by molar-refractivity contribution is 5.94. The first-order valence-corrected chi connectivity index (χ1v) is 14.2. The van der Waals surface area contributed by atoms with E-state index >= 15 is 0 Å². The van der Waals surface area contributed by atoms with Crippen molar-refractivity contribution in [3.8, 4) is 0 Å². The number of carbonyl (C=O) groups is 4. The summed E-state index contributed by atoms with van der Waals surface area (Å²) in [5.74, 6) is -2.02. The fourth-order valence-electron chi connectivity index (χ4n) is 4.31.